The summed E-state index contributed by atoms with van der Waals surface area (Å²) in [6.45, 7) is 6.28. The van der Waals surface area contributed by atoms with Crippen molar-refractivity contribution in [1.29, 1.82) is 0 Å². The molecule has 2 rings (SSSR count). The average molecular weight is 407 g/mol. The molecule has 0 aliphatic carbocycles. The van der Waals surface area contributed by atoms with E-state index in [2.05, 4.69) is 24.2 Å². The Hall–Kier alpha value is -1.38. The van der Waals surface area contributed by atoms with E-state index in [1.54, 1.807) is 0 Å². The molecule has 1 aliphatic heterocycles. The van der Waals surface area contributed by atoms with Crippen molar-refractivity contribution in [2.75, 3.05) is 26.5 Å². The predicted octanol–water partition coefficient (Wildman–Crippen LogP) is 1.97. The molecule has 0 saturated heterocycles. The van der Waals surface area contributed by atoms with E-state index >= 15 is 0 Å². The summed E-state index contributed by atoms with van der Waals surface area (Å²) >= 11 is 0. The second kappa shape index (κ2) is 8.81. The van der Waals surface area contributed by atoms with E-state index in [0.717, 1.165) is 18.0 Å². The molecule has 6 nitrogen and oxygen atoms in total. The number of aliphatic imine (C=N–C) groups is 1. The summed E-state index contributed by atoms with van der Waals surface area (Å²) in [5, 5.41) is 3.01. The van der Waals surface area contributed by atoms with Crippen molar-refractivity contribution >= 4 is 29.9 Å². The molecule has 0 atom stereocenters. The molecular formula is C14H22IN3O3. The smallest absolute Gasteiger partial charge is 0.231 e. The van der Waals surface area contributed by atoms with Crippen LogP contribution in [0.2, 0.25) is 0 Å². The van der Waals surface area contributed by atoms with Crippen molar-refractivity contribution in [2.45, 2.75) is 13.8 Å². The third-order valence-corrected chi connectivity index (χ3v) is 2.65. The molecule has 0 fully saturated rings. The van der Waals surface area contributed by atoms with E-state index in [9.17, 15) is 0 Å². The Morgan fingerprint density at radius 1 is 1.38 bits per heavy atom. The molecule has 3 N–H and O–H groups in total. The minimum Gasteiger partial charge on any atom is -0.492 e. The van der Waals surface area contributed by atoms with Crippen LogP contribution < -0.4 is 25.3 Å². The number of nitrogens with two attached hydrogens (primary N) is 1. The molecule has 0 aromatic heterocycles. The second-order valence-electron chi connectivity index (χ2n) is 4.91. The highest BCUT2D eigenvalue weighted by molar-refractivity contribution is 14.0. The third kappa shape index (κ3) is 5.86. The minimum atomic E-state index is 0. The lowest BCUT2D eigenvalue weighted by molar-refractivity contribution is 0.173. The van der Waals surface area contributed by atoms with Crippen LogP contribution in [0.25, 0.3) is 0 Å². The molecule has 0 saturated carbocycles. The molecule has 7 heteroatoms. The van der Waals surface area contributed by atoms with Crippen molar-refractivity contribution in [3.8, 4) is 17.2 Å². The van der Waals surface area contributed by atoms with E-state index in [1.807, 2.05) is 18.2 Å². The van der Waals surface area contributed by atoms with Crippen LogP contribution in [-0.4, -0.2) is 32.4 Å². The van der Waals surface area contributed by atoms with Crippen LogP contribution in [0, 0.1) is 5.92 Å². The van der Waals surface area contributed by atoms with Crippen LogP contribution >= 0.6 is 24.0 Å². The zero-order valence-corrected chi connectivity index (χ0v) is 14.6. The van der Waals surface area contributed by atoms with Crippen molar-refractivity contribution in [1.82, 2.24) is 5.32 Å². The first-order valence-corrected chi connectivity index (χ1v) is 6.71. The standard InChI is InChI=1S/C14H21N3O3.HI/c1-10(2)8-17-14(15)16-5-6-18-11-3-4-12-13(7-11)20-9-19-12;/h3-4,7,10H,5-6,8-9H2,1-2H3,(H3,15,16,17);1H. The van der Waals surface area contributed by atoms with E-state index in [1.165, 1.54) is 0 Å². The van der Waals surface area contributed by atoms with Crippen molar-refractivity contribution < 1.29 is 14.2 Å². The Labute approximate surface area is 142 Å². The molecule has 21 heavy (non-hydrogen) atoms. The quantitative estimate of drug-likeness (QED) is 0.326. The van der Waals surface area contributed by atoms with Crippen LogP contribution in [0.3, 0.4) is 0 Å². The van der Waals surface area contributed by atoms with Gasteiger partial charge in [0.05, 0.1) is 6.54 Å². The van der Waals surface area contributed by atoms with E-state index in [0.29, 0.717) is 30.8 Å². The maximum atomic E-state index is 5.72. The number of hydrogen-bond acceptors (Lipinski definition) is 4. The molecule has 0 spiro atoms. The van der Waals surface area contributed by atoms with E-state index in [4.69, 9.17) is 19.9 Å². The second-order valence-corrected chi connectivity index (χ2v) is 4.91. The Morgan fingerprint density at radius 3 is 2.90 bits per heavy atom. The minimum absolute atomic E-state index is 0. The number of nitrogens with zero attached hydrogens (tertiary/aromatic N) is 1. The largest absolute Gasteiger partial charge is 0.492 e. The van der Waals surface area contributed by atoms with Crippen LogP contribution in [0.5, 0.6) is 17.2 Å². The molecule has 1 aromatic rings. The molecule has 1 aromatic carbocycles. The molecule has 118 valence electrons. The molecule has 0 radical (unpaired) electrons. The van der Waals surface area contributed by atoms with Crippen LogP contribution in [0.15, 0.2) is 23.2 Å². The van der Waals surface area contributed by atoms with Gasteiger partial charge >= 0.3 is 0 Å². The van der Waals surface area contributed by atoms with Crippen molar-refractivity contribution in [2.24, 2.45) is 16.6 Å². The van der Waals surface area contributed by atoms with Gasteiger partial charge in [-0.3, -0.25) is 4.99 Å². The molecule has 0 amide bonds. The highest BCUT2D eigenvalue weighted by atomic mass is 127. The summed E-state index contributed by atoms with van der Waals surface area (Å²) in [5.74, 6) is 3.16. The molecule has 0 unspecified atom stereocenters. The van der Waals surface area contributed by atoms with Crippen molar-refractivity contribution in [3.63, 3.8) is 0 Å². The van der Waals surface area contributed by atoms with Gasteiger partial charge in [0.15, 0.2) is 17.5 Å². The molecular weight excluding hydrogens is 385 g/mol. The Morgan fingerprint density at radius 2 is 2.14 bits per heavy atom. The number of guanidine groups is 1. The lowest BCUT2D eigenvalue weighted by Crippen LogP contribution is -2.35. The SMILES string of the molecule is CC(C)CN=C(N)NCCOc1ccc2c(c1)OCO2.I. The van der Waals surface area contributed by atoms with Gasteiger partial charge in [-0.25, -0.2) is 0 Å². The Bertz CT molecular complexity index is 481. The summed E-state index contributed by atoms with van der Waals surface area (Å²) in [4.78, 5) is 4.21. The monoisotopic (exact) mass is 407 g/mol. The summed E-state index contributed by atoms with van der Waals surface area (Å²) in [6.07, 6.45) is 0. The predicted molar refractivity (Wildman–Crippen MR) is 92.8 cm³/mol. The fraction of sp³-hybridized carbons (Fsp3) is 0.500. The van der Waals surface area contributed by atoms with Gasteiger partial charge in [-0.05, 0) is 18.1 Å². The van der Waals surface area contributed by atoms with Crippen LogP contribution in [0.1, 0.15) is 13.8 Å². The van der Waals surface area contributed by atoms with Gasteiger partial charge in [0.1, 0.15) is 12.4 Å². The summed E-state index contributed by atoms with van der Waals surface area (Å²) in [6, 6.07) is 5.51. The van der Waals surface area contributed by atoms with Crippen molar-refractivity contribution in [3.05, 3.63) is 18.2 Å². The normalized spacial score (nSPS) is 13.0. The topological polar surface area (TPSA) is 78.1 Å². The summed E-state index contributed by atoms with van der Waals surface area (Å²) < 4.78 is 16.1. The van der Waals surface area contributed by atoms with Gasteiger partial charge in [-0.1, -0.05) is 13.8 Å². The number of benzene rings is 1. The summed E-state index contributed by atoms with van der Waals surface area (Å²) in [5.41, 5.74) is 5.72. The van der Waals surface area contributed by atoms with Gasteiger partial charge in [0, 0.05) is 12.6 Å². The number of rotatable bonds is 6. The van der Waals surface area contributed by atoms with Gasteiger partial charge in [-0.15, -0.1) is 24.0 Å². The highest BCUT2D eigenvalue weighted by Gasteiger charge is 2.13. The van der Waals surface area contributed by atoms with E-state index < -0.39 is 0 Å². The first kappa shape index (κ1) is 17.7. The lowest BCUT2D eigenvalue weighted by Gasteiger charge is -2.09. The highest BCUT2D eigenvalue weighted by Crippen LogP contribution is 2.34. The molecule has 1 heterocycles. The van der Waals surface area contributed by atoms with E-state index in [-0.39, 0.29) is 30.8 Å². The Kier molecular flexibility index (Phi) is 7.41. The number of halogens is 1. The molecule has 0 bridgehead atoms. The van der Waals surface area contributed by atoms with Gasteiger partial charge in [-0.2, -0.15) is 0 Å². The van der Waals surface area contributed by atoms with Gasteiger partial charge in [0.2, 0.25) is 6.79 Å². The van der Waals surface area contributed by atoms with Gasteiger partial charge in [0.25, 0.3) is 0 Å². The molecule has 1 aliphatic rings. The zero-order chi connectivity index (χ0) is 14.4. The lowest BCUT2D eigenvalue weighted by atomic mass is 10.2. The number of fused-ring (bicyclic) bond motifs is 1. The van der Waals surface area contributed by atoms with Gasteiger partial charge < -0.3 is 25.3 Å². The van der Waals surface area contributed by atoms with Crippen LogP contribution in [-0.2, 0) is 0 Å². The number of hydrogen-bond donors (Lipinski definition) is 2. The first-order valence-electron chi connectivity index (χ1n) is 6.71. The number of ether oxygens (including phenoxy) is 3. The number of nitrogens with one attached hydrogen (secondary N) is 1. The zero-order valence-electron chi connectivity index (χ0n) is 12.3. The Balaban J connectivity index is 0.00000220. The first-order chi connectivity index (χ1) is 9.65. The maximum absolute atomic E-state index is 5.72. The third-order valence-electron chi connectivity index (χ3n) is 2.65. The summed E-state index contributed by atoms with van der Waals surface area (Å²) in [7, 11) is 0. The van der Waals surface area contributed by atoms with Crippen LogP contribution in [0.4, 0.5) is 0 Å². The average Bonchev–Trinajstić information content (AvgIpc) is 2.88. The fourth-order valence-corrected chi connectivity index (χ4v) is 1.65. The fourth-order valence-electron chi connectivity index (χ4n) is 1.65. The maximum Gasteiger partial charge on any atom is 0.231 e.